The molecular formula is C18H17NOS. The Balaban J connectivity index is 1.64. The first kappa shape index (κ1) is 13.7. The number of hydrogen-bond donors (Lipinski definition) is 1. The Morgan fingerprint density at radius 2 is 1.67 bits per heavy atom. The number of benzene rings is 2. The lowest BCUT2D eigenvalue weighted by atomic mass is 10.2. The average molecular weight is 295 g/mol. The van der Waals surface area contributed by atoms with Crippen LogP contribution in [0.5, 0.6) is 5.75 Å². The van der Waals surface area contributed by atoms with Crippen LogP contribution in [0.2, 0.25) is 0 Å². The summed E-state index contributed by atoms with van der Waals surface area (Å²) in [5.41, 5.74) is 2.38. The molecule has 0 amide bonds. The second-order valence-corrected chi connectivity index (χ2v) is 5.88. The fourth-order valence-corrected chi connectivity index (χ4v) is 3.08. The smallest absolute Gasteiger partial charge is 0.119 e. The Hall–Kier alpha value is -2.26. The van der Waals surface area contributed by atoms with Crippen molar-refractivity contribution in [1.29, 1.82) is 0 Å². The Bertz CT molecular complexity index is 689. The molecule has 0 aliphatic carbocycles. The Morgan fingerprint density at radius 3 is 2.38 bits per heavy atom. The Kier molecular flexibility index (Phi) is 4.22. The molecule has 0 bridgehead atoms. The van der Waals surface area contributed by atoms with Gasteiger partial charge in [0.15, 0.2) is 0 Å². The molecule has 2 nitrogen and oxygen atoms in total. The summed E-state index contributed by atoms with van der Waals surface area (Å²) < 4.78 is 5.16. The number of ether oxygens (including phenoxy) is 1. The van der Waals surface area contributed by atoms with Crippen LogP contribution in [-0.2, 0) is 6.54 Å². The molecule has 1 heterocycles. The summed E-state index contributed by atoms with van der Waals surface area (Å²) in [4.78, 5) is 2.63. The molecule has 0 saturated heterocycles. The van der Waals surface area contributed by atoms with E-state index in [0.29, 0.717) is 0 Å². The van der Waals surface area contributed by atoms with E-state index in [0.717, 1.165) is 18.0 Å². The van der Waals surface area contributed by atoms with E-state index in [4.69, 9.17) is 4.74 Å². The van der Waals surface area contributed by atoms with Crippen LogP contribution in [-0.4, -0.2) is 7.11 Å². The summed E-state index contributed by atoms with van der Waals surface area (Å²) in [5, 5.41) is 3.43. The van der Waals surface area contributed by atoms with E-state index in [1.54, 1.807) is 7.11 Å². The van der Waals surface area contributed by atoms with Crippen LogP contribution in [0.1, 0.15) is 4.88 Å². The maximum absolute atomic E-state index is 5.16. The van der Waals surface area contributed by atoms with Gasteiger partial charge >= 0.3 is 0 Å². The van der Waals surface area contributed by atoms with Gasteiger partial charge in [0.05, 0.1) is 7.11 Å². The van der Waals surface area contributed by atoms with Crippen LogP contribution in [0.4, 0.5) is 5.69 Å². The minimum atomic E-state index is 0.837. The van der Waals surface area contributed by atoms with E-state index >= 15 is 0 Å². The van der Waals surface area contributed by atoms with Crippen LogP contribution < -0.4 is 10.1 Å². The predicted octanol–water partition coefficient (Wildman–Crippen LogP) is 5.04. The zero-order valence-corrected chi connectivity index (χ0v) is 12.7. The van der Waals surface area contributed by atoms with Crippen molar-refractivity contribution in [1.82, 2.24) is 0 Å². The largest absolute Gasteiger partial charge is 0.497 e. The van der Waals surface area contributed by atoms with Gasteiger partial charge in [-0.15, -0.1) is 11.3 Å². The molecule has 0 radical (unpaired) electrons. The zero-order chi connectivity index (χ0) is 14.5. The second-order valence-electron chi connectivity index (χ2n) is 4.71. The number of nitrogens with one attached hydrogen (secondary N) is 1. The first-order chi connectivity index (χ1) is 10.3. The van der Waals surface area contributed by atoms with Crippen molar-refractivity contribution in [2.75, 3.05) is 12.4 Å². The van der Waals surface area contributed by atoms with Gasteiger partial charge in [0, 0.05) is 22.0 Å². The SMILES string of the molecule is COc1ccc(NCc2ccc(-c3ccccc3)s2)cc1. The summed E-state index contributed by atoms with van der Waals surface area (Å²) in [5.74, 6) is 0.878. The third kappa shape index (κ3) is 3.44. The molecule has 0 aliphatic heterocycles. The van der Waals surface area contributed by atoms with E-state index in [1.807, 2.05) is 41.7 Å². The van der Waals surface area contributed by atoms with Crippen molar-refractivity contribution in [3.05, 3.63) is 71.6 Å². The number of anilines is 1. The lowest BCUT2D eigenvalue weighted by molar-refractivity contribution is 0.415. The second kappa shape index (κ2) is 6.46. The van der Waals surface area contributed by atoms with Gasteiger partial charge in [0.1, 0.15) is 5.75 Å². The van der Waals surface area contributed by atoms with Crippen LogP contribution in [0.15, 0.2) is 66.7 Å². The normalized spacial score (nSPS) is 10.3. The number of rotatable bonds is 5. The van der Waals surface area contributed by atoms with Gasteiger partial charge in [-0.05, 0) is 42.0 Å². The van der Waals surface area contributed by atoms with Gasteiger partial charge in [-0.1, -0.05) is 30.3 Å². The van der Waals surface area contributed by atoms with Gasteiger partial charge in [-0.25, -0.2) is 0 Å². The van der Waals surface area contributed by atoms with Crippen molar-refractivity contribution in [3.63, 3.8) is 0 Å². The van der Waals surface area contributed by atoms with E-state index in [9.17, 15) is 0 Å². The highest BCUT2D eigenvalue weighted by Crippen LogP contribution is 2.28. The minimum absolute atomic E-state index is 0.837. The maximum atomic E-state index is 5.16. The first-order valence-electron chi connectivity index (χ1n) is 6.87. The lowest BCUT2D eigenvalue weighted by Crippen LogP contribution is -1.96. The predicted molar refractivity (Wildman–Crippen MR) is 90.1 cm³/mol. The first-order valence-corrected chi connectivity index (χ1v) is 7.69. The van der Waals surface area contributed by atoms with Crippen molar-refractivity contribution < 1.29 is 4.74 Å². The number of methoxy groups -OCH3 is 1. The zero-order valence-electron chi connectivity index (χ0n) is 11.9. The van der Waals surface area contributed by atoms with Gasteiger partial charge in [0.2, 0.25) is 0 Å². The molecule has 3 heteroatoms. The van der Waals surface area contributed by atoms with E-state index in [2.05, 4.69) is 41.7 Å². The lowest BCUT2D eigenvalue weighted by Gasteiger charge is -2.05. The van der Waals surface area contributed by atoms with E-state index < -0.39 is 0 Å². The van der Waals surface area contributed by atoms with Crippen LogP contribution >= 0.6 is 11.3 Å². The molecule has 0 spiro atoms. The summed E-state index contributed by atoms with van der Waals surface area (Å²) in [7, 11) is 1.68. The highest BCUT2D eigenvalue weighted by Gasteiger charge is 2.02. The Labute approximate surface area is 129 Å². The van der Waals surface area contributed by atoms with Gasteiger partial charge in [-0.2, -0.15) is 0 Å². The average Bonchev–Trinajstić information content (AvgIpc) is 3.03. The molecule has 0 fully saturated rings. The molecule has 0 saturated carbocycles. The minimum Gasteiger partial charge on any atom is -0.497 e. The molecule has 3 rings (SSSR count). The van der Waals surface area contributed by atoms with Crippen LogP contribution in [0, 0.1) is 0 Å². The molecule has 1 N–H and O–H groups in total. The molecule has 2 aromatic carbocycles. The van der Waals surface area contributed by atoms with E-state index in [1.165, 1.54) is 15.3 Å². The number of thiophene rings is 1. The highest BCUT2D eigenvalue weighted by molar-refractivity contribution is 7.15. The molecule has 0 aliphatic rings. The molecular weight excluding hydrogens is 278 g/mol. The Morgan fingerprint density at radius 1 is 0.905 bits per heavy atom. The third-order valence-corrected chi connectivity index (χ3v) is 4.41. The van der Waals surface area contributed by atoms with Crippen molar-refractivity contribution in [3.8, 4) is 16.2 Å². The molecule has 106 valence electrons. The third-order valence-electron chi connectivity index (χ3n) is 3.28. The summed E-state index contributed by atoms with van der Waals surface area (Å²) in [6.07, 6.45) is 0. The van der Waals surface area contributed by atoms with Crippen molar-refractivity contribution in [2.24, 2.45) is 0 Å². The molecule has 21 heavy (non-hydrogen) atoms. The van der Waals surface area contributed by atoms with Gasteiger partial charge < -0.3 is 10.1 Å². The van der Waals surface area contributed by atoms with E-state index in [-0.39, 0.29) is 0 Å². The topological polar surface area (TPSA) is 21.3 Å². The number of hydrogen-bond acceptors (Lipinski definition) is 3. The van der Waals surface area contributed by atoms with Crippen molar-refractivity contribution in [2.45, 2.75) is 6.54 Å². The highest BCUT2D eigenvalue weighted by atomic mass is 32.1. The molecule has 0 unspecified atom stereocenters. The van der Waals surface area contributed by atoms with Crippen LogP contribution in [0.3, 0.4) is 0 Å². The molecule has 3 aromatic rings. The molecule has 0 atom stereocenters. The fourth-order valence-electron chi connectivity index (χ4n) is 2.13. The maximum Gasteiger partial charge on any atom is 0.119 e. The quantitative estimate of drug-likeness (QED) is 0.712. The van der Waals surface area contributed by atoms with Gasteiger partial charge in [-0.3, -0.25) is 0 Å². The van der Waals surface area contributed by atoms with Crippen molar-refractivity contribution >= 4 is 17.0 Å². The summed E-state index contributed by atoms with van der Waals surface area (Å²) in [6.45, 7) is 0.837. The summed E-state index contributed by atoms with van der Waals surface area (Å²) >= 11 is 1.83. The fraction of sp³-hybridized carbons (Fsp3) is 0.111. The standard InChI is InChI=1S/C18H17NOS/c1-20-16-9-7-15(8-10-16)19-13-17-11-12-18(21-17)14-5-3-2-4-6-14/h2-12,19H,13H2,1H3. The van der Waals surface area contributed by atoms with Crippen LogP contribution in [0.25, 0.3) is 10.4 Å². The summed E-state index contributed by atoms with van der Waals surface area (Å²) in [6, 6.07) is 22.8. The monoisotopic (exact) mass is 295 g/mol. The van der Waals surface area contributed by atoms with Gasteiger partial charge in [0.25, 0.3) is 0 Å². The molecule has 1 aromatic heterocycles.